The van der Waals surface area contributed by atoms with Crippen molar-refractivity contribution >= 4 is 23.7 Å². The molecule has 27 heavy (non-hydrogen) atoms. The number of rotatable bonds is 4. The number of pyridine rings is 1. The lowest BCUT2D eigenvalue weighted by atomic mass is 10.0. The third-order valence-electron chi connectivity index (χ3n) is 4.48. The molecular weight excluding hydrogens is 347 g/mol. The number of amides is 1. The standard InChI is InChI=1S/C20H19FN4O2/c1-12-2-8-16-17(10-12)24-25-19(16)20(26)23-14-5-9-18(22-11-14)27-15-6-3-13(21)4-7-15/h3-6,8-12,15,24H,2,7H2,1H3,(H,23,26). The molecule has 138 valence electrons. The third kappa shape index (κ3) is 3.81. The zero-order chi connectivity index (χ0) is 18.8. The Hall–Kier alpha value is -3.22. The summed E-state index contributed by atoms with van der Waals surface area (Å²) < 4.78 is 18.6. The van der Waals surface area contributed by atoms with Crippen LogP contribution in [0, 0.1) is 5.92 Å². The maximum Gasteiger partial charge on any atom is 0.276 e. The molecule has 2 atom stereocenters. The number of carbonyl (C=O) groups excluding carboxylic acids is 1. The van der Waals surface area contributed by atoms with Gasteiger partial charge < -0.3 is 10.1 Å². The van der Waals surface area contributed by atoms with Crippen molar-refractivity contribution in [1.82, 2.24) is 15.2 Å². The topological polar surface area (TPSA) is 79.9 Å². The number of anilines is 1. The van der Waals surface area contributed by atoms with E-state index in [2.05, 4.69) is 33.5 Å². The Balaban J connectivity index is 1.43. The molecule has 0 aromatic carbocycles. The van der Waals surface area contributed by atoms with Crippen molar-refractivity contribution in [1.29, 1.82) is 0 Å². The third-order valence-corrected chi connectivity index (χ3v) is 4.48. The second-order valence-corrected chi connectivity index (χ2v) is 6.66. The molecule has 2 aliphatic rings. The van der Waals surface area contributed by atoms with E-state index in [1.165, 1.54) is 18.3 Å². The number of nitrogens with zero attached hydrogens (tertiary/aromatic N) is 2. The van der Waals surface area contributed by atoms with Crippen molar-refractivity contribution in [2.45, 2.75) is 25.9 Å². The number of H-pyrrole nitrogens is 1. The zero-order valence-electron chi connectivity index (χ0n) is 14.8. The van der Waals surface area contributed by atoms with Gasteiger partial charge in [-0.3, -0.25) is 9.89 Å². The predicted octanol–water partition coefficient (Wildman–Crippen LogP) is 2.22. The fourth-order valence-electron chi connectivity index (χ4n) is 3.06. The number of fused-ring (bicyclic) bond motifs is 1. The Kier molecular flexibility index (Phi) is 4.58. The van der Waals surface area contributed by atoms with Crippen molar-refractivity contribution in [3.63, 3.8) is 0 Å². The van der Waals surface area contributed by atoms with Gasteiger partial charge in [0.1, 0.15) is 11.9 Å². The quantitative estimate of drug-likeness (QED) is 0.870. The smallest absolute Gasteiger partial charge is 0.276 e. The van der Waals surface area contributed by atoms with Gasteiger partial charge >= 0.3 is 0 Å². The summed E-state index contributed by atoms with van der Waals surface area (Å²) in [6, 6.07) is 3.37. The summed E-state index contributed by atoms with van der Waals surface area (Å²) in [4.78, 5) is 16.7. The summed E-state index contributed by atoms with van der Waals surface area (Å²) in [5, 5.41) is 11.6. The van der Waals surface area contributed by atoms with Gasteiger partial charge in [0.15, 0.2) is 5.69 Å². The van der Waals surface area contributed by atoms with Crippen LogP contribution in [0.4, 0.5) is 10.1 Å². The Labute approximate surface area is 155 Å². The molecule has 0 radical (unpaired) electrons. The second kappa shape index (κ2) is 7.19. The van der Waals surface area contributed by atoms with Crippen molar-refractivity contribution in [3.8, 4) is 5.88 Å². The Bertz CT molecular complexity index is 1040. The van der Waals surface area contributed by atoms with E-state index in [4.69, 9.17) is 4.74 Å². The van der Waals surface area contributed by atoms with E-state index in [0.29, 0.717) is 29.6 Å². The molecule has 6 nitrogen and oxygen atoms in total. The van der Waals surface area contributed by atoms with Gasteiger partial charge in [-0.05, 0) is 36.6 Å². The Morgan fingerprint density at radius 3 is 2.96 bits per heavy atom. The normalized spacial score (nSPS) is 20.7. The predicted molar refractivity (Wildman–Crippen MR) is 100 cm³/mol. The highest BCUT2D eigenvalue weighted by Crippen LogP contribution is 2.18. The molecule has 7 heteroatoms. The van der Waals surface area contributed by atoms with Crippen LogP contribution in [0.3, 0.4) is 0 Å². The van der Waals surface area contributed by atoms with E-state index in [-0.39, 0.29) is 17.8 Å². The summed E-state index contributed by atoms with van der Waals surface area (Å²) in [7, 11) is 0. The minimum Gasteiger partial charge on any atom is -0.470 e. The number of hydrogen-bond acceptors (Lipinski definition) is 4. The van der Waals surface area contributed by atoms with Crippen LogP contribution in [0.5, 0.6) is 5.88 Å². The minimum atomic E-state index is -0.294. The van der Waals surface area contributed by atoms with Crippen LogP contribution in [0.1, 0.15) is 30.3 Å². The number of hydrogen-bond donors (Lipinski definition) is 2. The maximum absolute atomic E-state index is 13.0. The van der Waals surface area contributed by atoms with Gasteiger partial charge in [-0.25, -0.2) is 9.37 Å². The molecule has 0 fully saturated rings. The highest BCUT2D eigenvalue weighted by atomic mass is 19.1. The molecule has 0 spiro atoms. The van der Waals surface area contributed by atoms with Crippen LogP contribution in [-0.2, 0) is 0 Å². The first-order valence-corrected chi connectivity index (χ1v) is 8.83. The molecule has 2 unspecified atom stereocenters. The van der Waals surface area contributed by atoms with Crippen LogP contribution in [0.2, 0.25) is 0 Å². The number of aromatic nitrogens is 3. The lowest BCUT2D eigenvalue weighted by molar-refractivity contribution is 0.102. The SMILES string of the molecule is CC1C=c2[nH]nc(C(=O)Nc3ccc(OC4C=CC(F)=CC4)nc3)c2=CC1. The number of nitrogens with one attached hydrogen (secondary N) is 2. The van der Waals surface area contributed by atoms with E-state index in [1.807, 2.05) is 6.08 Å². The van der Waals surface area contributed by atoms with E-state index in [0.717, 1.165) is 17.0 Å². The number of ether oxygens (including phenoxy) is 1. The van der Waals surface area contributed by atoms with Crippen LogP contribution < -0.4 is 20.6 Å². The van der Waals surface area contributed by atoms with Crippen molar-refractivity contribution < 1.29 is 13.9 Å². The molecule has 0 saturated heterocycles. The average molecular weight is 366 g/mol. The summed E-state index contributed by atoms with van der Waals surface area (Å²) in [6.45, 7) is 2.12. The lowest BCUT2D eigenvalue weighted by Gasteiger charge is -2.15. The van der Waals surface area contributed by atoms with Crippen LogP contribution in [0.15, 0.2) is 42.4 Å². The molecular formula is C20H19FN4O2. The maximum atomic E-state index is 13.0. The molecule has 2 N–H and O–H groups in total. The molecule has 2 aromatic rings. The summed E-state index contributed by atoms with van der Waals surface area (Å²) in [5.74, 6) is 0.285. The molecule has 0 aliphatic heterocycles. The molecule has 4 rings (SSSR count). The fourth-order valence-corrected chi connectivity index (χ4v) is 3.06. The van der Waals surface area contributed by atoms with Gasteiger partial charge in [0.25, 0.3) is 5.91 Å². The average Bonchev–Trinajstić information content (AvgIpc) is 3.08. The van der Waals surface area contributed by atoms with Gasteiger partial charge in [-0.15, -0.1) is 0 Å². The van der Waals surface area contributed by atoms with E-state index in [9.17, 15) is 9.18 Å². The van der Waals surface area contributed by atoms with Gasteiger partial charge in [0.2, 0.25) is 5.88 Å². The van der Waals surface area contributed by atoms with Crippen molar-refractivity contribution in [2.24, 2.45) is 5.92 Å². The first-order valence-electron chi connectivity index (χ1n) is 8.83. The monoisotopic (exact) mass is 366 g/mol. The van der Waals surface area contributed by atoms with E-state index < -0.39 is 0 Å². The molecule has 0 saturated carbocycles. The van der Waals surface area contributed by atoms with Crippen LogP contribution in [-0.4, -0.2) is 27.2 Å². The van der Waals surface area contributed by atoms with Crippen molar-refractivity contribution in [2.75, 3.05) is 5.32 Å². The first kappa shape index (κ1) is 17.2. The van der Waals surface area contributed by atoms with Gasteiger partial charge in [-0.2, -0.15) is 5.10 Å². The van der Waals surface area contributed by atoms with Gasteiger partial charge in [0, 0.05) is 17.7 Å². The molecule has 2 heterocycles. The number of aromatic amines is 1. The van der Waals surface area contributed by atoms with Crippen LogP contribution in [0.25, 0.3) is 12.2 Å². The molecule has 1 amide bonds. The first-order chi connectivity index (χ1) is 13.1. The minimum absolute atomic E-state index is 0.248. The summed E-state index contributed by atoms with van der Waals surface area (Å²) in [5.41, 5.74) is 0.914. The highest BCUT2D eigenvalue weighted by molar-refractivity contribution is 6.03. The van der Waals surface area contributed by atoms with E-state index >= 15 is 0 Å². The lowest BCUT2D eigenvalue weighted by Crippen LogP contribution is -2.32. The fraction of sp³-hybridized carbons (Fsp3) is 0.250. The molecule has 2 aliphatic carbocycles. The van der Waals surface area contributed by atoms with Gasteiger partial charge in [0.05, 0.1) is 17.2 Å². The Morgan fingerprint density at radius 2 is 2.22 bits per heavy atom. The summed E-state index contributed by atoms with van der Waals surface area (Å²) >= 11 is 0. The highest BCUT2D eigenvalue weighted by Gasteiger charge is 2.16. The summed E-state index contributed by atoms with van der Waals surface area (Å²) in [6.07, 6.45) is 11.2. The second-order valence-electron chi connectivity index (χ2n) is 6.66. The Morgan fingerprint density at radius 1 is 1.33 bits per heavy atom. The molecule has 2 aromatic heterocycles. The molecule has 0 bridgehead atoms. The zero-order valence-corrected chi connectivity index (χ0v) is 14.8. The van der Waals surface area contributed by atoms with Gasteiger partial charge in [-0.1, -0.05) is 19.1 Å². The van der Waals surface area contributed by atoms with Crippen LogP contribution >= 0.6 is 0 Å². The number of carbonyl (C=O) groups is 1. The van der Waals surface area contributed by atoms with Crippen molar-refractivity contribution in [3.05, 3.63) is 58.6 Å². The largest absolute Gasteiger partial charge is 0.470 e. The number of allylic oxidation sites excluding steroid dienone is 2. The number of halogens is 1. The van der Waals surface area contributed by atoms with E-state index in [1.54, 1.807) is 18.2 Å².